The SMILES string of the molecule is CC(C)(C)Nc1nc(Cc2ccc(F)cc2F)no1. The minimum Gasteiger partial charge on any atom is -0.333 e. The lowest BCUT2D eigenvalue weighted by Gasteiger charge is -2.17. The molecule has 0 atom stereocenters. The van der Waals surface area contributed by atoms with Gasteiger partial charge in [-0.2, -0.15) is 4.98 Å². The van der Waals surface area contributed by atoms with Crippen molar-refractivity contribution in [1.29, 1.82) is 0 Å². The molecule has 0 saturated carbocycles. The molecule has 1 aromatic carbocycles. The van der Waals surface area contributed by atoms with Crippen molar-refractivity contribution in [3.63, 3.8) is 0 Å². The number of anilines is 1. The zero-order chi connectivity index (χ0) is 14.0. The molecule has 1 N–H and O–H groups in total. The van der Waals surface area contributed by atoms with Crippen LogP contribution >= 0.6 is 0 Å². The molecule has 0 saturated heterocycles. The second-order valence-corrected chi connectivity index (χ2v) is 5.30. The van der Waals surface area contributed by atoms with Gasteiger partial charge in [0.25, 0.3) is 0 Å². The summed E-state index contributed by atoms with van der Waals surface area (Å²) in [4.78, 5) is 4.11. The molecule has 0 fully saturated rings. The van der Waals surface area contributed by atoms with Gasteiger partial charge in [0.15, 0.2) is 5.82 Å². The van der Waals surface area contributed by atoms with Crippen molar-refractivity contribution >= 4 is 6.01 Å². The Morgan fingerprint density at radius 2 is 2.00 bits per heavy atom. The average molecular weight is 267 g/mol. The Kier molecular flexibility index (Phi) is 3.50. The van der Waals surface area contributed by atoms with E-state index in [2.05, 4.69) is 15.5 Å². The Bertz CT molecular complexity index is 576. The molecule has 0 aliphatic carbocycles. The summed E-state index contributed by atoms with van der Waals surface area (Å²) in [5, 5.41) is 6.77. The maximum Gasteiger partial charge on any atom is 0.321 e. The van der Waals surface area contributed by atoms with E-state index in [0.717, 1.165) is 6.07 Å². The first-order valence-electron chi connectivity index (χ1n) is 5.88. The van der Waals surface area contributed by atoms with Crippen molar-refractivity contribution in [2.24, 2.45) is 0 Å². The number of aromatic nitrogens is 2. The molecule has 4 nitrogen and oxygen atoms in total. The Morgan fingerprint density at radius 3 is 2.63 bits per heavy atom. The summed E-state index contributed by atoms with van der Waals surface area (Å²) in [6.45, 7) is 5.86. The second kappa shape index (κ2) is 4.95. The maximum absolute atomic E-state index is 13.5. The van der Waals surface area contributed by atoms with E-state index in [1.165, 1.54) is 12.1 Å². The Morgan fingerprint density at radius 1 is 1.26 bits per heavy atom. The van der Waals surface area contributed by atoms with E-state index in [1.54, 1.807) is 0 Å². The summed E-state index contributed by atoms with van der Waals surface area (Å²) in [5.74, 6) is -0.878. The summed E-state index contributed by atoms with van der Waals surface area (Å²) in [5.41, 5.74) is 0.120. The van der Waals surface area contributed by atoms with E-state index in [0.29, 0.717) is 11.4 Å². The predicted octanol–water partition coefficient (Wildman–Crippen LogP) is 3.15. The van der Waals surface area contributed by atoms with E-state index in [1.807, 2.05) is 20.8 Å². The van der Waals surface area contributed by atoms with Gasteiger partial charge in [-0.1, -0.05) is 11.2 Å². The van der Waals surface area contributed by atoms with Crippen LogP contribution in [0.1, 0.15) is 32.2 Å². The topological polar surface area (TPSA) is 51.0 Å². The van der Waals surface area contributed by atoms with Gasteiger partial charge >= 0.3 is 6.01 Å². The molecular formula is C13H15F2N3O. The van der Waals surface area contributed by atoms with Gasteiger partial charge in [-0.3, -0.25) is 0 Å². The molecule has 2 rings (SSSR count). The van der Waals surface area contributed by atoms with Crippen molar-refractivity contribution in [2.45, 2.75) is 32.7 Å². The van der Waals surface area contributed by atoms with E-state index in [4.69, 9.17) is 4.52 Å². The van der Waals surface area contributed by atoms with Crippen molar-refractivity contribution < 1.29 is 13.3 Å². The summed E-state index contributed by atoms with van der Waals surface area (Å²) >= 11 is 0. The number of hydrogen-bond donors (Lipinski definition) is 1. The first-order chi connectivity index (χ1) is 8.83. The fourth-order valence-corrected chi connectivity index (χ4v) is 1.53. The lowest BCUT2D eigenvalue weighted by atomic mass is 10.1. The number of benzene rings is 1. The number of rotatable bonds is 3. The van der Waals surface area contributed by atoms with Gasteiger partial charge in [0.05, 0.1) is 0 Å². The van der Waals surface area contributed by atoms with Gasteiger partial charge in [0.1, 0.15) is 11.6 Å². The molecular weight excluding hydrogens is 252 g/mol. The molecule has 1 aromatic heterocycles. The Labute approximate surface area is 109 Å². The summed E-state index contributed by atoms with van der Waals surface area (Å²) in [6.07, 6.45) is 0.154. The van der Waals surface area contributed by atoms with Gasteiger partial charge < -0.3 is 9.84 Å². The number of halogens is 2. The van der Waals surface area contributed by atoms with Crippen molar-refractivity contribution in [2.75, 3.05) is 5.32 Å². The number of nitrogens with zero attached hydrogens (tertiary/aromatic N) is 2. The standard InChI is InChI=1S/C13H15F2N3O/c1-13(2,3)17-12-16-11(18-19-12)6-8-4-5-9(14)7-10(8)15/h4-5,7H,6H2,1-3H3,(H,16,17,18). The van der Waals surface area contributed by atoms with E-state index in [-0.39, 0.29) is 18.0 Å². The molecule has 1 heterocycles. The van der Waals surface area contributed by atoms with Crippen LogP contribution in [-0.2, 0) is 6.42 Å². The zero-order valence-corrected chi connectivity index (χ0v) is 11.0. The summed E-state index contributed by atoms with van der Waals surface area (Å²) in [7, 11) is 0. The second-order valence-electron chi connectivity index (χ2n) is 5.30. The van der Waals surface area contributed by atoms with E-state index >= 15 is 0 Å². The van der Waals surface area contributed by atoms with Crippen LogP contribution in [0.25, 0.3) is 0 Å². The van der Waals surface area contributed by atoms with Gasteiger partial charge in [-0.25, -0.2) is 8.78 Å². The molecule has 0 aliphatic heterocycles. The highest BCUT2D eigenvalue weighted by Crippen LogP contribution is 2.16. The molecule has 2 aromatic rings. The highest BCUT2D eigenvalue weighted by molar-refractivity contribution is 5.26. The largest absolute Gasteiger partial charge is 0.333 e. The fourth-order valence-electron chi connectivity index (χ4n) is 1.53. The van der Waals surface area contributed by atoms with Crippen LogP contribution < -0.4 is 5.32 Å². The minimum absolute atomic E-state index is 0.154. The minimum atomic E-state index is -0.616. The smallest absolute Gasteiger partial charge is 0.321 e. The quantitative estimate of drug-likeness (QED) is 0.928. The highest BCUT2D eigenvalue weighted by atomic mass is 19.1. The Hall–Kier alpha value is -1.98. The van der Waals surface area contributed by atoms with Crippen molar-refractivity contribution in [3.8, 4) is 0 Å². The third kappa shape index (κ3) is 3.74. The van der Waals surface area contributed by atoms with Gasteiger partial charge in [0, 0.05) is 18.0 Å². The fraction of sp³-hybridized carbons (Fsp3) is 0.385. The van der Waals surface area contributed by atoms with Crippen LogP contribution in [0.3, 0.4) is 0 Å². The average Bonchev–Trinajstić information content (AvgIpc) is 2.67. The zero-order valence-electron chi connectivity index (χ0n) is 11.0. The van der Waals surface area contributed by atoms with Crippen LogP contribution in [-0.4, -0.2) is 15.7 Å². The van der Waals surface area contributed by atoms with Crippen LogP contribution in [0.5, 0.6) is 0 Å². The lowest BCUT2D eigenvalue weighted by Crippen LogP contribution is -2.26. The van der Waals surface area contributed by atoms with E-state index < -0.39 is 11.6 Å². The Balaban J connectivity index is 2.11. The number of nitrogens with one attached hydrogen (secondary N) is 1. The molecule has 0 spiro atoms. The molecule has 0 aliphatic rings. The van der Waals surface area contributed by atoms with Crippen molar-refractivity contribution in [3.05, 3.63) is 41.2 Å². The van der Waals surface area contributed by atoms with Crippen LogP contribution in [0.4, 0.5) is 14.8 Å². The van der Waals surface area contributed by atoms with Crippen LogP contribution in [0.15, 0.2) is 22.7 Å². The van der Waals surface area contributed by atoms with Crippen LogP contribution in [0.2, 0.25) is 0 Å². The summed E-state index contributed by atoms with van der Waals surface area (Å²) < 4.78 is 31.3. The summed E-state index contributed by atoms with van der Waals surface area (Å²) in [6, 6.07) is 3.69. The van der Waals surface area contributed by atoms with Crippen molar-refractivity contribution in [1.82, 2.24) is 10.1 Å². The molecule has 0 amide bonds. The molecule has 6 heteroatoms. The normalized spacial score (nSPS) is 11.6. The van der Waals surface area contributed by atoms with Gasteiger partial charge in [-0.05, 0) is 32.4 Å². The third-order valence-electron chi connectivity index (χ3n) is 2.31. The predicted molar refractivity (Wildman–Crippen MR) is 66.8 cm³/mol. The molecule has 0 bridgehead atoms. The maximum atomic E-state index is 13.5. The first-order valence-corrected chi connectivity index (χ1v) is 5.88. The van der Waals surface area contributed by atoms with Gasteiger partial charge in [0.2, 0.25) is 0 Å². The molecule has 0 radical (unpaired) electrons. The molecule has 19 heavy (non-hydrogen) atoms. The van der Waals surface area contributed by atoms with E-state index in [9.17, 15) is 8.78 Å². The van der Waals surface area contributed by atoms with Crippen LogP contribution in [0, 0.1) is 11.6 Å². The first kappa shape index (κ1) is 13.5. The third-order valence-corrected chi connectivity index (χ3v) is 2.31. The molecule has 102 valence electrons. The monoisotopic (exact) mass is 267 g/mol. The number of hydrogen-bond acceptors (Lipinski definition) is 4. The molecule has 0 unspecified atom stereocenters. The van der Waals surface area contributed by atoms with Gasteiger partial charge in [-0.15, -0.1) is 0 Å². The lowest BCUT2D eigenvalue weighted by molar-refractivity contribution is 0.413. The highest BCUT2D eigenvalue weighted by Gasteiger charge is 2.15.